The number of hydrogen-bond acceptors (Lipinski definition) is 3. The van der Waals surface area contributed by atoms with Crippen molar-refractivity contribution in [3.05, 3.63) is 47.5 Å². The van der Waals surface area contributed by atoms with E-state index in [0.29, 0.717) is 11.6 Å². The van der Waals surface area contributed by atoms with E-state index in [-0.39, 0.29) is 0 Å². The van der Waals surface area contributed by atoms with Crippen molar-refractivity contribution in [2.45, 2.75) is 13.3 Å². The lowest BCUT2D eigenvalue weighted by Crippen LogP contribution is -2.11. The van der Waals surface area contributed by atoms with Crippen molar-refractivity contribution in [2.75, 3.05) is 6.61 Å². The van der Waals surface area contributed by atoms with E-state index in [1.165, 1.54) is 0 Å². The Balaban J connectivity index is 2.01. The van der Waals surface area contributed by atoms with Gasteiger partial charge in [-0.15, -0.1) is 0 Å². The summed E-state index contributed by atoms with van der Waals surface area (Å²) in [6, 6.07) is 5.75. The lowest BCUT2D eigenvalue weighted by Gasteiger charge is -2.10. The number of nitrogens with two attached hydrogens (primary N) is 1. The molecular formula is C14H17N3OS. The van der Waals surface area contributed by atoms with Gasteiger partial charge in [0.15, 0.2) is 0 Å². The summed E-state index contributed by atoms with van der Waals surface area (Å²) in [6.45, 7) is 2.58. The van der Waals surface area contributed by atoms with Crippen molar-refractivity contribution >= 4 is 17.2 Å². The van der Waals surface area contributed by atoms with Gasteiger partial charge in [0.1, 0.15) is 16.6 Å². The third-order valence-corrected chi connectivity index (χ3v) is 3.21. The highest BCUT2D eigenvalue weighted by molar-refractivity contribution is 7.80. The zero-order chi connectivity index (χ0) is 13.8. The van der Waals surface area contributed by atoms with Gasteiger partial charge in [0.2, 0.25) is 0 Å². The number of nitrogens with zero attached hydrogens (tertiary/aromatic N) is 2. The molecule has 19 heavy (non-hydrogen) atoms. The van der Waals surface area contributed by atoms with Gasteiger partial charge in [-0.05, 0) is 18.6 Å². The molecule has 1 aromatic heterocycles. The smallest absolute Gasteiger partial charge is 0.122 e. The average Bonchev–Trinajstić information content (AvgIpc) is 2.77. The molecule has 5 heteroatoms. The van der Waals surface area contributed by atoms with E-state index in [4.69, 9.17) is 22.7 Å². The van der Waals surface area contributed by atoms with Crippen molar-refractivity contribution in [2.24, 2.45) is 12.8 Å². The van der Waals surface area contributed by atoms with Crippen LogP contribution in [0.4, 0.5) is 0 Å². The first kappa shape index (κ1) is 13.5. The molecule has 1 heterocycles. The van der Waals surface area contributed by atoms with Crippen molar-refractivity contribution in [3.8, 4) is 5.75 Å². The molecule has 0 fully saturated rings. The molecule has 2 aromatic rings. The largest absolute Gasteiger partial charge is 0.493 e. The number of benzene rings is 1. The molecule has 0 aliphatic rings. The predicted molar refractivity (Wildman–Crippen MR) is 79.5 cm³/mol. The Bertz CT molecular complexity index is 592. The molecule has 2 N–H and O–H groups in total. The Hall–Kier alpha value is -1.88. The monoisotopic (exact) mass is 275 g/mol. The molecule has 0 aliphatic heterocycles. The lowest BCUT2D eigenvalue weighted by atomic mass is 10.1. The second kappa shape index (κ2) is 5.84. The minimum Gasteiger partial charge on any atom is -0.493 e. The van der Waals surface area contributed by atoms with Crippen LogP contribution in [0.1, 0.15) is 17.0 Å². The third-order valence-electron chi connectivity index (χ3n) is 2.98. The molecule has 0 amide bonds. The minimum absolute atomic E-state index is 0.383. The van der Waals surface area contributed by atoms with Crippen LogP contribution >= 0.6 is 12.2 Å². The molecule has 0 atom stereocenters. The third kappa shape index (κ3) is 3.32. The second-order valence-corrected chi connectivity index (χ2v) is 4.84. The fraction of sp³-hybridized carbons (Fsp3) is 0.286. The van der Waals surface area contributed by atoms with Gasteiger partial charge in [-0.2, -0.15) is 0 Å². The van der Waals surface area contributed by atoms with Gasteiger partial charge < -0.3 is 15.0 Å². The summed E-state index contributed by atoms with van der Waals surface area (Å²) in [4.78, 5) is 4.64. The SMILES string of the molecule is Cc1ccc(C(N)=S)cc1OCCc1nccn1C. The van der Waals surface area contributed by atoms with Gasteiger partial charge in [0.25, 0.3) is 0 Å². The van der Waals surface area contributed by atoms with E-state index in [1.54, 1.807) is 6.20 Å². The summed E-state index contributed by atoms with van der Waals surface area (Å²) >= 11 is 4.97. The van der Waals surface area contributed by atoms with E-state index in [0.717, 1.165) is 29.1 Å². The maximum absolute atomic E-state index is 5.79. The summed E-state index contributed by atoms with van der Waals surface area (Å²) in [7, 11) is 1.97. The van der Waals surface area contributed by atoms with E-state index in [9.17, 15) is 0 Å². The van der Waals surface area contributed by atoms with Crippen molar-refractivity contribution in [1.29, 1.82) is 0 Å². The van der Waals surface area contributed by atoms with Gasteiger partial charge in [-0.25, -0.2) is 4.98 Å². The van der Waals surface area contributed by atoms with Crippen LogP contribution in [0.5, 0.6) is 5.75 Å². The number of ether oxygens (including phenoxy) is 1. The average molecular weight is 275 g/mol. The highest BCUT2D eigenvalue weighted by Gasteiger charge is 2.05. The number of thiocarbonyl (C=S) groups is 1. The molecule has 0 saturated carbocycles. The van der Waals surface area contributed by atoms with Gasteiger partial charge in [-0.1, -0.05) is 24.4 Å². The lowest BCUT2D eigenvalue weighted by molar-refractivity contribution is 0.315. The van der Waals surface area contributed by atoms with Gasteiger partial charge in [0.05, 0.1) is 6.61 Å². The summed E-state index contributed by atoms with van der Waals surface area (Å²) in [5.74, 6) is 1.82. The zero-order valence-corrected chi connectivity index (χ0v) is 11.9. The molecule has 0 spiro atoms. The first-order chi connectivity index (χ1) is 9.08. The molecule has 0 radical (unpaired) electrons. The normalized spacial score (nSPS) is 10.4. The van der Waals surface area contributed by atoms with Crippen LogP contribution in [0.15, 0.2) is 30.6 Å². The molecule has 4 nitrogen and oxygen atoms in total. The molecule has 0 unspecified atom stereocenters. The van der Waals surface area contributed by atoms with E-state index < -0.39 is 0 Å². The van der Waals surface area contributed by atoms with Gasteiger partial charge >= 0.3 is 0 Å². The summed E-state index contributed by atoms with van der Waals surface area (Å²) in [5, 5.41) is 0. The quantitative estimate of drug-likeness (QED) is 0.848. The first-order valence-electron chi connectivity index (χ1n) is 6.07. The van der Waals surface area contributed by atoms with Crippen molar-refractivity contribution in [3.63, 3.8) is 0 Å². The standard InChI is InChI=1S/C14H17N3OS/c1-10-3-4-11(14(15)19)9-12(10)18-8-5-13-16-6-7-17(13)2/h3-4,6-7,9H,5,8H2,1-2H3,(H2,15,19). The second-order valence-electron chi connectivity index (χ2n) is 4.40. The fourth-order valence-corrected chi connectivity index (χ4v) is 1.93. The van der Waals surface area contributed by atoms with Crippen LogP contribution < -0.4 is 10.5 Å². The summed E-state index contributed by atoms with van der Waals surface area (Å²) in [6.07, 6.45) is 4.47. The molecule has 1 aromatic carbocycles. The Kier molecular flexibility index (Phi) is 4.16. The molecule has 100 valence electrons. The maximum atomic E-state index is 5.79. The Labute approximate surface area is 118 Å². The minimum atomic E-state index is 0.383. The van der Waals surface area contributed by atoms with E-state index in [1.807, 2.05) is 42.9 Å². The first-order valence-corrected chi connectivity index (χ1v) is 6.48. The fourth-order valence-electron chi connectivity index (χ4n) is 1.80. The van der Waals surface area contributed by atoms with E-state index >= 15 is 0 Å². The molecule has 2 rings (SSSR count). The molecule has 0 aliphatic carbocycles. The zero-order valence-electron chi connectivity index (χ0n) is 11.1. The Morgan fingerprint density at radius 1 is 1.47 bits per heavy atom. The van der Waals surface area contributed by atoms with Crippen molar-refractivity contribution in [1.82, 2.24) is 9.55 Å². The van der Waals surface area contributed by atoms with Gasteiger partial charge in [0, 0.05) is 31.4 Å². The number of aromatic nitrogens is 2. The Morgan fingerprint density at radius 2 is 2.26 bits per heavy atom. The number of hydrogen-bond donors (Lipinski definition) is 1. The van der Waals surface area contributed by atoms with Gasteiger partial charge in [-0.3, -0.25) is 0 Å². The Morgan fingerprint density at radius 3 is 2.89 bits per heavy atom. The number of imidazole rings is 1. The topological polar surface area (TPSA) is 53.1 Å². The predicted octanol–water partition coefficient (Wildman–Crippen LogP) is 1.98. The van der Waals surface area contributed by atoms with Crippen LogP contribution in [0, 0.1) is 6.92 Å². The molecule has 0 saturated heterocycles. The van der Waals surface area contributed by atoms with Crippen LogP contribution in [0.2, 0.25) is 0 Å². The number of rotatable bonds is 5. The highest BCUT2D eigenvalue weighted by Crippen LogP contribution is 2.19. The van der Waals surface area contributed by atoms with Crippen LogP contribution in [0.3, 0.4) is 0 Å². The summed E-state index contributed by atoms with van der Waals surface area (Å²) < 4.78 is 7.78. The highest BCUT2D eigenvalue weighted by atomic mass is 32.1. The van der Waals surface area contributed by atoms with Crippen LogP contribution in [0.25, 0.3) is 0 Å². The maximum Gasteiger partial charge on any atom is 0.122 e. The van der Waals surface area contributed by atoms with Crippen molar-refractivity contribution < 1.29 is 4.74 Å². The van der Waals surface area contributed by atoms with E-state index in [2.05, 4.69) is 4.98 Å². The summed E-state index contributed by atoms with van der Waals surface area (Å²) in [5.41, 5.74) is 7.52. The van der Waals surface area contributed by atoms with Crippen LogP contribution in [-0.4, -0.2) is 21.1 Å². The van der Waals surface area contributed by atoms with Crippen LogP contribution in [-0.2, 0) is 13.5 Å². The molecular weight excluding hydrogens is 258 g/mol. The molecule has 0 bridgehead atoms. The number of aryl methyl sites for hydroxylation is 2.